The molecule has 0 unspecified atom stereocenters. The predicted octanol–water partition coefficient (Wildman–Crippen LogP) is 2.81. The Balaban J connectivity index is 1.54. The van der Waals surface area contributed by atoms with Gasteiger partial charge >= 0.3 is 0 Å². The van der Waals surface area contributed by atoms with Gasteiger partial charge in [0.05, 0.1) is 5.52 Å². The first-order valence-corrected chi connectivity index (χ1v) is 8.72. The minimum Gasteiger partial charge on any atom is -0.492 e. The fraction of sp³-hybridized carbons (Fsp3) is 0.300. The van der Waals surface area contributed by atoms with Gasteiger partial charge in [0.25, 0.3) is 0 Å². The molecule has 3 rings (SSSR count). The predicted molar refractivity (Wildman–Crippen MR) is 107 cm³/mol. The molecule has 0 saturated carbocycles. The third-order valence-corrected chi connectivity index (χ3v) is 4.10. The zero-order chi connectivity index (χ0) is 18.4. The smallest absolute Gasteiger partial charge is 0.137 e. The van der Waals surface area contributed by atoms with E-state index in [0.29, 0.717) is 12.3 Å². The van der Waals surface area contributed by atoms with Crippen molar-refractivity contribution in [3.63, 3.8) is 0 Å². The Morgan fingerprint density at radius 3 is 2.65 bits per heavy atom. The van der Waals surface area contributed by atoms with Crippen molar-refractivity contribution >= 4 is 22.4 Å². The molecule has 26 heavy (non-hydrogen) atoms. The van der Waals surface area contributed by atoms with Gasteiger partial charge in [-0.1, -0.05) is 12.1 Å². The molecule has 136 valence electrons. The number of anilines is 2. The Kier molecular flexibility index (Phi) is 5.86. The normalized spacial score (nSPS) is 11.0. The van der Waals surface area contributed by atoms with Gasteiger partial charge in [0.15, 0.2) is 0 Å². The first-order valence-electron chi connectivity index (χ1n) is 8.72. The van der Waals surface area contributed by atoms with Gasteiger partial charge in [0.1, 0.15) is 24.5 Å². The van der Waals surface area contributed by atoms with Crippen LogP contribution in [0.2, 0.25) is 0 Å². The Bertz CT molecular complexity index is 848. The molecule has 0 aliphatic carbocycles. The summed E-state index contributed by atoms with van der Waals surface area (Å²) in [5.41, 5.74) is 8.72. The molecule has 3 aromatic rings. The van der Waals surface area contributed by atoms with Gasteiger partial charge in [0, 0.05) is 24.2 Å². The van der Waals surface area contributed by atoms with E-state index in [0.717, 1.165) is 42.0 Å². The molecule has 3 N–H and O–H groups in total. The number of hydrogen-bond donors (Lipinski definition) is 2. The molecule has 1 aromatic heterocycles. The number of nitrogens with one attached hydrogen (secondary N) is 1. The molecule has 0 radical (unpaired) electrons. The molecule has 0 atom stereocenters. The van der Waals surface area contributed by atoms with Gasteiger partial charge in [-0.25, -0.2) is 9.97 Å². The highest BCUT2D eigenvalue weighted by molar-refractivity contribution is 5.91. The maximum atomic E-state index is 5.88. The Hall–Kier alpha value is -2.86. The lowest BCUT2D eigenvalue weighted by atomic mass is 10.1. The Labute approximate surface area is 154 Å². The van der Waals surface area contributed by atoms with Crippen LogP contribution in [0, 0.1) is 0 Å². The third-order valence-electron chi connectivity index (χ3n) is 4.10. The summed E-state index contributed by atoms with van der Waals surface area (Å²) in [6.45, 7) is 2.38. The van der Waals surface area contributed by atoms with Crippen molar-refractivity contribution in [1.82, 2.24) is 14.9 Å². The van der Waals surface area contributed by atoms with E-state index in [2.05, 4.69) is 32.3 Å². The van der Waals surface area contributed by atoms with E-state index in [-0.39, 0.29) is 0 Å². The number of ether oxygens (including phenoxy) is 1. The van der Waals surface area contributed by atoms with Gasteiger partial charge in [-0.3, -0.25) is 0 Å². The highest BCUT2D eigenvalue weighted by atomic mass is 16.5. The van der Waals surface area contributed by atoms with Crippen LogP contribution in [0.3, 0.4) is 0 Å². The number of hydrogen-bond acceptors (Lipinski definition) is 6. The van der Waals surface area contributed by atoms with Crippen molar-refractivity contribution in [2.24, 2.45) is 0 Å². The van der Waals surface area contributed by atoms with E-state index in [1.807, 2.05) is 44.4 Å². The van der Waals surface area contributed by atoms with Crippen molar-refractivity contribution in [3.8, 4) is 5.75 Å². The second-order valence-corrected chi connectivity index (χ2v) is 6.47. The van der Waals surface area contributed by atoms with Crippen molar-refractivity contribution in [3.05, 3.63) is 54.4 Å². The minimum absolute atomic E-state index is 0.692. The fourth-order valence-electron chi connectivity index (χ4n) is 2.64. The molecule has 0 bridgehead atoms. The second-order valence-electron chi connectivity index (χ2n) is 6.47. The first-order chi connectivity index (χ1) is 12.6. The molecule has 0 amide bonds. The van der Waals surface area contributed by atoms with E-state index >= 15 is 0 Å². The number of aromatic nitrogens is 2. The number of fused-ring (bicyclic) bond motifs is 1. The number of benzene rings is 2. The summed E-state index contributed by atoms with van der Waals surface area (Å²) in [4.78, 5) is 10.7. The molecule has 0 aliphatic rings. The molecule has 6 heteroatoms. The van der Waals surface area contributed by atoms with Gasteiger partial charge < -0.3 is 20.7 Å². The Morgan fingerprint density at radius 1 is 1.08 bits per heavy atom. The molecule has 0 aliphatic heterocycles. The van der Waals surface area contributed by atoms with Crippen LogP contribution in [0.1, 0.15) is 5.56 Å². The number of nitrogen functional groups attached to an aromatic ring is 1. The largest absolute Gasteiger partial charge is 0.492 e. The van der Waals surface area contributed by atoms with Crippen LogP contribution in [0.5, 0.6) is 5.75 Å². The van der Waals surface area contributed by atoms with E-state index in [9.17, 15) is 0 Å². The van der Waals surface area contributed by atoms with Crippen molar-refractivity contribution in [2.45, 2.75) is 6.42 Å². The zero-order valence-corrected chi connectivity index (χ0v) is 15.3. The molecule has 0 saturated heterocycles. The molecule has 2 aromatic carbocycles. The summed E-state index contributed by atoms with van der Waals surface area (Å²) in [5.74, 6) is 1.71. The molecular weight excluding hydrogens is 326 g/mol. The highest BCUT2D eigenvalue weighted by Gasteiger charge is 2.04. The van der Waals surface area contributed by atoms with Gasteiger partial charge in [-0.15, -0.1) is 0 Å². The highest BCUT2D eigenvalue weighted by Crippen LogP contribution is 2.21. The lowest BCUT2D eigenvalue weighted by molar-refractivity contribution is 0.261. The second kappa shape index (κ2) is 8.49. The van der Waals surface area contributed by atoms with Crippen LogP contribution in [0.25, 0.3) is 10.9 Å². The summed E-state index contributed by atoms with van der Waals surface area (Å²) in [6, 6.07) is 13.9. The van der Waals surface area contributed by atoms with Crippen molar-refractivity contribution in [1.29, 1.82) is 0 Å². The van der Waals surface area contributed by atoms with E-state index < -0.39 is 0 Å². The van der Waals surface area contributed by atoms with Crippen LogP contribution in [0.15, 0.2) is 48.8 Å². The first kappa shape index (κ1) is 17.9. The zero-order valence-electron chi connectivity index (χ0n) is 15.3. The van der Waals surface area contributed by atoms with Crippen LogP contribution < -0.4 is 15.8 Å². The lowest BCUT2D eigenvalue weighted by Crippen LogP contribution is -2.19. The maximum Gasteiger partial charge on any atom is 0.137 e. The topological polar surface area (TPSA) is 76.3 Å². The Morgan fingerprint density at radius 2 is 1.88 bits per heavy atom. The van der Waals surface area contributed by atoms with Crippen molar-refractivity contribution in [2.75, 3.05) is 44.8 Å². The monoisotopic (exact) mass is 351 g/mol. The standard InChI is InChI=1S/C20H25N5O/c1-25(2)11-12-26-17-6-3-15(4-7-17)9-10-22-20-18-13-16(21)5-8-19(18)23-14-24-20/h3-8,13-14H,9-12,21H2,1-2H3,(H,22,23,24). The van der Waals surface area contributed by atoms with Gasteiger partial charge in [-0.2, -0.15) is 0 Å². The van der Waals surface area contributed by atoms with Crippen LogP contribution in [0.4, 0.5) is 11.5 Å². The summed E-state index contributed by atoms with van der Waals surface area (Å²) in [7, 11) is 4.07. The van der Waals surface area contributed by atoms with E-state index in [1.165, 1.54) is 5.56 Å². The quantitative estimate of drug-likeness (QED) is 0.608. The number of nitrogens with two attached hydrogens (primary N) is 1. The molecular formula is C20H25N5O. The fourth-order valence-corrected chi connectivity index (χ4v) is 2.64. The summed E-state index contributed by atoms with van der Waals surface area (Å²) in [6.07, 6.45) is 2.46. The SMILES string of the molecule is CN(C)CCOc1ccc(CCNc2ncnc3ccc(N)cc23)cc1. The van der Waals surface area contributed by atoms with Crippen LogP contribution in [-0.4, -0.2) is 48.7 Å². The number of nitrogens with zero attached hydrogens (tertiary/aromatic N) is 3. The van der Waals surface area contributed by atoms with Gasteiger partial charge in [0.2, 0.25) is 0 Å². The third kappa shape index (κ3) is 4.83. The molecule has 0 spiro atoms. The van der Waals surface area contributed by atoms with E-state index in [1.54, 1.807) is 6.33 Å². The number of rotatable bonds is 8. The van der Waals surface area contributed by atoms with Crippen LogP contribution in [-0.2, 0) is 6.42 Å². The maximum absolute atomic E-state index is 5.88. The summed E-state index contributed by atoms with van der Waals surface area (Å²) >= 11 is 0. The van der Waals surface area contributed by atoms with E-state index in [4.69, 9.17) is 10.5 Å². The average Bonchev–Trinajstić information content (AvgIpc) is 2.63. The average molecular weight is 351 g/mol. The van der Waals surface area contributed by atoms with Crippen LogP contribution >= 0.6 is 0 Å². The minimum atomic E-state index is 0.692. The molecule has 0 fully saturated rings. The summed E-state index contributed by atoms with van der Waals surface area (Å²) < 4.78 is 5.72. The van der Waals surface area contributed by atoms with Gasteiger partial charge in [-0.05, 0) is 56.4 Å². The van der Waals surface area contributed by atoms with Crippen molar-refractivity contribution < 1.29 is 4.74 Å². The summed E-state index contributed by atoms with van der Waals surface area (Å²) in [5, 5.41) is 4.32. The number of likely N-dealkylation sites (N-methyl/N-ethyl adjacent to an activating group) is 1. The lowest BCUT2D eigenvalue weighted by Gasteiger charge is -2.11. The molecule has 1 heterocycles. The molecule has 6 nitrogen and oxygen atoms in total.